The summed E-state index contributed by atoms with van der Waals surface area (Å²) in [6.07, 6.45) is 1.95. The van der Waals surface area contributed by atoms with Gasteiger partial charge in [0.25, 0.3) is 0 Å². The molecule has 2 atom stereocenters. The predicted molar refractivity (Wildman–Crippen MR) is 62.2 cm³/mol. The lowest BCUT2D eigenvalue weighted by Gasteiger charge is -2.30. The van der Waals surface area contributed by atoms with Gasteiger partial charge in [-0.05, 0) is 19.8 Å². The quantitative estimate of drug-likeness (QED) is 0.663. The van der Waals surface area contributed by atoms with E-state index in [1.54, 1.807) is 21.1 Å². The molecule has 0 aromatic carbocycles. The van der Waals surface area contributed by atoms with Crippen molar-refractivity contribution in [1.29, 1.82) is 0 Å². The Labute approximate surface area is 97.2 Å². The van der Waals surface area contributed by atoms with Gasteiger partial charge in [0.1, 0.15) is 0 Å². The molecule has 1 saturated heterocycles. The van der Waals surface area contributed by atoms with Crippen LogP contribution in [-0.2, 0) is 14.3 Å². The van der Waals surface area contributed by atoms with Crippen LogP contribution in [0.15, 0.2) is 12.2 Å². The number of carbonyl (C=O) groups is 1. The van der Waals surface area contributed by atoms with Gasteiger partial charge in [-0.25, -0.2) is 0 Å². The second-order valence-corrected chi connectivity index (χ2v) is 4.29. The Morgan fingerprint density at radius 3 is 2.00 bits per heavy atom. The lowest BCUT2D eigenvalue weighted by molar-refractivity contribution is -0.131. The molecule has 0 aliphatic carbocycles. The third-order valence-corrected chi connectivity index (χ3v) is 2.94. The highest BCUT2D eigenvalue weighted by Crippen LogP contribution is 2.26. The molecule has 1 aliphatic rings. The summed E-state index contributed by atoms with van der Waals surface area (Å²) in [5.41, 5.74) is 0.573. The van der Waals surface area contributed by atoms with Crippen LogP contribution in [0.4, 0.5) is 0 Å². The van der Waals surface area contributed by atoms with E-state index in [1.807, 2.05) is 4.90 Å². The summed E-state index contributed by atoms with van der Waals surface area (Å²) in [4.78, 5) is 13.9. The minimum absolute atomic E-state index is 0.0154. The molecule has 4 heteroatoms. The largest absolute Gasteiger partial charge is 0.383 e. The van der Waals surface area contributed by atoms with Gasteiger partial charge < -0.3 is 14.4 Å². The summed E-state index contributed by atoms with van der Waals surface area (Å²) < 4.78 is 10.3. The summed E-state index contributed by atoms with van der Waals surface area (Å²) in [6.45, 7) is 6.63. The lowest BCUT2D eigenvalue weighted by Crippen LogP contribution is -2.45. The highest BCUT2D eigenvalue weighted by atomic mass is 16.5. The Hall–Kier alpha value is -0.870. The molecule has 0 bridgehead atoms. The van der Waals surface area contributed by atoms with Crippen LogP contribution in [0.1, 0.15) is 19.8 Å². The monoisotopic (exact) mass is 227 g/mol. The normalized spacial score (nSPS) is 24.8. The van der Waals surface area contributed by atoms with Gasteiger partial charge in [0.15, 0.2) is 0 Å². The van der Waals surface area contributed by atoms with Crippen LogP contribution in [0.2, 0.25) is 0 Å². The molecule has 0 spiro atoms. The van der Waals surface area contributed by atoms with Crippen molar-refractivity contribution in [1.82, 2.24) is 4.90 Å². The van der Waals surface area contributed by atoms with Crippen molar-refractivity contribution in [3.8, 4) is 0 Å². The van der Waals surface area contributed by atoms with Gasteiger partial charge in [-0.3, -0.25) is 4.79 Å². The summed E-state index contributed by atoms with van der Waals surface area (Å²) in [7, 11) is 3.32. The highest BCUT2D eigenvalue weighted by molar-refractivity contribution is 5.92. The fourth-order valence-corrected chi connectivity index (χ4v) is 2.23. The Morgan fingerprint density at radius 2 is 1.69 bits per heavy atom. The third-order valence-electron chi connectivity index (χ3n) is 2.94. The first-order valence-corrected chi connectivity index (χ1v) is 5.57. The SMILES string of the molecule is C=C(C)C(=O)N1[C@@H](COC)CC[C@@H]1COC. The number of rotatable bonds is 5. The minimum Gasteiger partial charge on any atom is -0.383 e. The maximum Gasteiger partial charge on any atom is 0.249 e. The predicted octanol–water partition coefficient (Wildman–Crippen LogP) is 1.21. The van der Waals surface area contributed by atoms with Gasteiger partial charge in [-0.15, -0.1) is 0 Å². The van der Waals surface area contributed by atoms with Gasteiger partial charge in [0.05, 0.1) is 25.3 Å². The van der Waals surface area contributed by atoms with E-state index >= 15 is 0 Å². The Balaban J connectivity index is 2.75. The number of hydrogen-bond donors (Lipinski definition) is 0. The van der Waals surface area contributed by atoms with E-state index in [0.29, 0.717) is 18.8 Å². The van der Waals surface area contributed by atoms with Crippen LogP contribution in [0.25, 0.3) is 0 Å². The summed E-state index contributed by atoms with van der Waals surface area (Å²) >= 11 is 0. The standard InChI is InChI=1S/C12H21NO3/c1-9(2)12(14)13-10(7-15-3)5-6-11(13)8-16-4/h10-11H,1,5-8H2,2-4H3/t10-,11-/m1/s1. The lowest BCUT2D eigenvalue weighted by atomic mass is 10.2. The molecule has 92 valence electrons. The molecule has 1 amide bonds. The molecule has 0 N–H and O–H groups in total. The van der Waals surface area contributed by atoms with Crippen LogP contribution in [-0.4, -0.2) is 50.3 Å². The molecule has 0 saturated carbocycles. The highest BCUT2D eigenvalue weighted by Gasteiger charge is 2.36. The number of hydrogen-bond acceptors (Lipinski definition) is 3. The van der Waals surface area contributed by atoms with E-state index in [-0.39, 0.29) is 18.0 Å². The Morgan fingerprint density at radius 1 is 1.25 bits per heavy atom. The minimum atomic E-state index is 0.0154. The topological polar surface area (TPSA) is 38.8 Å². The van der Waals surface area contributed by atoms with Crippen LogP contribution in [0, 0.1) is 0 Å². The molecule has 0 aromatic rings. The van der Waals surface area contributed by atoms with E-state index in [0.717, 1.165) is 12.8 Å². The van der Waals surface area contributed by atoms with E-state index in [1.165, 1.54) is 0 Å². The molecule has 0 aromatic heterocycles. The first-order chi connectivity index (χ1) is 7.61. The number of ether oxygens (including phenoxy) is 2. The zero-order valence-electron chi connectivity index (χ0n) is 10.4. The van der Waals surface area contributed by atoms with Crippen molar-refractivity contribution in [3.05, 3.63) is 12.2 Å². The molecular formula is C12H21NO3. The number of carbonyl (C=O) groups excluding carboxylic acids is 1. The average Bonchev–Trinajstić information content (AvgIpc) is 2.61. The van der Waals surface area contributed by atoms with Crippen LogP contribution in [0.3, 0.4) is 0 Å². The molecule has 0 unspecified atom stereocenters. The van der Waals surface area contributed by atoms with Crippen molar-refractivity contribution in [2.24, 2.45) is 0 Å². The maximum atomic E-state index is 12.0. The van der Waals surface area contributed by atoms with Crippen molar-refractivity contribution in [2.45, 2.75) is 31.8 Å². The smallest absolute Gasteiger partial charge is 0.249 e. The first-order valence-electron chi connectivity index (χ1n) is 5.57. The molecule has 1 fully saturated rings. The Kier molecular flexibility index (Phi) is 4.96. The number of amides is 1. The van der Waals surface area contributed by atoms with Crippen LogP contribution >= 0.6 is 0 Å². The van der Waals surface area contributed by atoms with Crippen molar-refractivity contribution >= 4 is 5.91 Å². The van der Waals surface area contributed by atoms with E-state index in [2.05, 4.69) is 6.58 Å². The molecule has 1 heterocycles. The Bertz CT molecular complexity index is 251. The molecule has 16 heavy (non-hydrogen) atoms. The van der Waals surface area contributed by atoms with Crippen LogP contribution in [0.5, 0.6) is 0 Å². The first kappa shape index (κ1) is 13.2. The zero-order chi connectivity index (χ0) is 12.1. The number of nitrogens with zero attached hydrogens (tertiary/aromatic N) is 1. The molecule has 1 rings (SSSR count). The van der Waals surface area contributed by atoms with Crippen molar-refractivity contribution in [2.75, 3.05) is 27.4 Å². The molecule has 0 radical (unpaired) electrons. The summed E-state index contributed by atoms with van der Waals surface area (Å²) in [5.74, 6) is 0.0154. The van der Waals surface area contributed by atoms with Gasteiger partial charge in [0.2, 0.25) is 5.91 Å². The van der Waals surface area contributed by atoms with E-state index in [4.69, 9.17) is 9.47 Å². The van der Waals surface area contributed by atoms with Crippen LogP contribution < -0.4 is 0 Å². The molecular weight excluding hydrogens is 206 g/mol. The average molecular weight is 227 g/mol. The third kappa shape index (κ3) is 2.83. The van der Waals surface area contributed by atoms with Gasteiger partial charge >= 0.3 is 0 Å². The van der Waals surface area contributed by atoms with Crippen molar-refractivity contribution in [3.63, 3.8) is 0 Å². The number of likely N-dealkylation sites (tertiary alicyclic amines) is 1. The zero-order valence-corrected chi connectivity index (χ0v) is 10.4. The second kappa shape index (κ2) is 6.01. The van der Waals surface area contributed by atoms with Crippen molar-refractivity contribution < 1.29 is 14.3 Å². The van der Waals surface area contributed by atoms with Gasteiger partial charge in [0, 0.05) is 19.8 Å². The number of methoxy groups -OCH3 is 2. The van der Waals surface area contributed by atoms with Gasteiger partial charge in [-0.1, -0.05) is 6.58 Å². The molecule has 4 nitrogen and oxygen atoms in total. The molecule has 1 aliphatic heterocycles. The summed E-state index contributed by atoms with van der Waals surface area (Å²) in [6, 6.07) is 0.323. The van der Waals surface area contributed by atoms with E-state index < -0.39 is 0 Å². The second-order valence-electron chi connectivity index (χ2n) is 4.29. The van der Waals surface area contributed by atoms with E-state index in [9.17, 15) is 4.79 Å². The van der Waals surface area contributed by atoms with Gasteiger partial charge in [-0.2, -0.15) is 0 Å². The fraction of sp³-hybridized carbons (Fsp3) is 0.750. The summed E-state index contributed by atoms with van der Waals surface area (Å²) in [5, 5.41) is 0. The maximum absolute atomic E-state index is 12.0. The fourth-order valence-electron chi connectivity index (χ4n) is 2.23.